The molecule has 0 aliphatic heterocycles. The number of hydrogen-bond acceptors (Lipinski definition) is 5. The molecule has 18 heavy (non-hydrogen) atoms. The third-order valence-corrected chi connectivity index (χ3v) is 4.34. The van der Waals surface area contributed by atoms with Crippen LogP contribution < -0.4 is 5.32 Å². The molecule has 1 aromatic heterocycles. The van der Waals surface area contributed by atoms with Crippen LogP contribution in [0.5, 0.6) is 0 Å². The molecule has 0 bridgehead atoms. The zero-order chi connectivity index (χ0) is 12.8. The first kappa shape index (κ1) is 13.9. The first-order chi connectivity index (χ1) is 8.81. The van der Waals surface area contributed by atoms with Gasteiger partial charge in [0, 0.05) is 26.0 Å². The zero-order valence-electron chi connectivity index (χ0n) is 11.3. The van der Waals surface area contributed by atoms with Crippen molar-refractivity contribution < 1.29 is 4.74 Å². The Morgan fingerprint density at radius 2 is 2.06 bits per heavy atom. The summed E-state index contributed by atoms with van der Waals surface area (Å²) in [5.41, 5.74) is 0. The van der Waals surface area contributed by atoms with E-state index in [1.807, 2.05) is 0 Å². The van der Waals surface area contributed by atoms with Gasteiger partial charge in [0.05, 0.1) is 6.10 Å². The van der Waals surface area contributed by atoms with Gasteiger partial charge in [-0.1, -0.05) is 6.92 Å². The van der Waals surface area contributed by atoms with Crippen molar-refractivity contribution in [3.8, 4) is 0 Å². The van der Waals surface area contributed by atoms with E-state index in [1.165, 1.54) is 17.8 Å². The standard InChI is InChI=1S/C13H23N3OS/c1-3-14-6-5-12-15-16-13(18-12)9-10-7-11(8-10)17-4-2/h10-11,14H,3-9H2,1-2H3. The van der Waals surface area contributed by atoms with Gasteiger partial charge in [-0.05, 0) is 32.2 Å². The molecule has 0 unspecified atom stereocenters. The second-order valence-electron chi connectivity index (χ2n) is 4.81. The third kappa shape index (κ3) is 4.00. The summed E-state index contributed by atoms with van der Waals surface area (Å²) in [4.78, 5) is 0. The number of nitrogens with one attached hydrogen (secondary N) is 1. The van der Waals surface area contributed by atoms with Crippen LogP contribution in [0.25, 0.3) is 0 Å². The smallest absolute Gasteiger partial charge is 0.118 e. The minimum absolute atomic E-state index is 0.501. The second kappa shape index (κ2) is 7.16. The van der Waals surface area contributed by atoms with Gasteiger partial charge < -0.3 is 10.1 Å². The summed E-state index contributed by atoms with van der Waals surface area (Å²) in [6.45, 7) is 7.05. The topological polar surface area (TPSA) is 47.0 Å². The van der Waals surface area contributed by atoms with E-state index in [1.54, 1.807) is 11.3 Å². The minimum atomic E-state index is 0.501. The quantitative estimate of drug-likeness (QED) is 0.734. The highest BCUT2D eigenvalue weighted by molar-refractivity contribution is 7.11. The largest absolute Gasteiger partial charge is 0.378 e. The fourth-order valence-corrected chi connectivity index (χ4v) is 3.26. The molecule has 102 valence electrons. The molecule has 0 atom stereocenters. The molecule has 0 saturated heterocycles. The lowest BCUT2D eigenvalue weighted by molar-refractivity contribution is -0.0240. The molecule has 2 rings (SSSR count). The van der Waals surface area contributed by atoms with E-state index in [9.17, 15) is 0 Å². The summed E-state index contributed by atoms with van der Waals surface area (Å²) in [5.74, 6) is 0.760. The summed E-state index contributed by atoms with van der Waals surface area (Å²) in [6, 6.07) is 0. The van der Waals surface area contributed by atoms with Gasteiger partial charge in [0.25, 0.3) is 0 Å². The molecule has 1 aliphatic carbocycles. The second-order valence-corrected chi connectivity index (χ2v) is 5.96. The van der Waals surface area contributed by atoms with Gasteiger partial charge in [-0.15, -0.1) is 21.5 Å². The van der Waals surface area contributed by atoms with Crippen LogP contribution in [0.4, 0.5) is 0 Å². The number of likely N-dealkylation sites (N-methyl/N-ethyl adjacent to an activating group) is 1. The minimum Gasteiger partial charge on any atom is -0.378 e. The number of rotatable bonds is 8. The van der Waals surface area contributed by atoms with E-state index in [2.05, 4.69) is 29.4 Å². The van der Waals surface area contributed by atoms with Gasteiger partial charge in [-0.25, -0.2) is 0 Å². The summed E-state index contributed by atoms with van der Waals surface area (Å²) < 4.78 is 5.58. The van der Waals surface area contributed by atoms with Crippen LogP contribution in [-0.4, -0.2) is 36.0 Å². The van der Waals surface area contributed by atoms with Gasteiger partial charge >= 0.3 is 0 Å². The van der Waals surface area contributed by atoms with Crippen molar-refractivity contribution in [1.29, 1.82) is 0 Å². The van der Waals surface area contributed by atoms with Crippen LogP contribution in [0.1, 0.15) is 36.7 Å². The van der Waals surface area contributed by atoms with Crippen LogP contribution in [0.2, 0.25) is 0 Å². The van der Waals surface area contributed by atoms with Crippen LogP contribution in [0.15, 0.2) is 0 Å². The van der Waals surface area contributed by atoms with Crippen molar-refractivity contribution in [2.24, 2.45) is 5.92 Å². The maximum atomic E-state index is 5.58. The lowest BCUT2D eigenvalue weighted by Crippen LogP contribution is -2.32. The van der Waals surface area contributed by atoms with E-state index in [0.717, 1.165) is 43.5 Å². The first-order valence-corrected chi connectivity index (χ1v) is 7.77. The van der Waals surface area contributed by atoms with E-state index < -0.39 is 0 Å². The molecule has 1 aliphatic rings. The maximum absolute atomic E-state index is 5.58. The van der Waals surface area contributed by atoms with Crippen molar-refractivity contribution in [1.82, 2.24) is 15.5 Å². The number of nitrogens with zero attached hydrogens (tertiary/aromatic N) is 2. The van der Waals surface area contributed by atoms with E-state index >= 15 is 0 Å². The van der Waals surface area contributed by atoms with Crippen LogP contribution in [0.3, 0.4) is 0 Å². The van der Waals surface area contributed by atoms with Gasteiger partial charge in [0.1, 0.15) is 10.0 Å². The van der Waals surface area contributed by atoms with Gasteiger partial charge in [-0.3, -0.25) is 0 Å². The average molecular weight is 269 g/mol. The van der Waals surface area contributed by atoms with Crippen LogP contribution >= 0.6 is 11.3 Å². The Morgan fingerprint density at radius 1 is 1.28 bits per heavy atom. The highest BCUT2D eigenvalue weighted by atomic mass is 32.1. The summed E-state index contributed by atoms with van der Waals surface area (Å²) >= 11 is 1.77. The highest BCUT2D eigenvalue weighted by Gasteiger charge is 2.30. The summed E-state index contributed by atoms with van der Waals surface area (Å²) in [6.07, 6.45) is 4.97. The molecular weight excluding hydrogens is 246 g/mol. The van der Waals surface area contributed by atoms with Crippen molar-refractivity contribution in [3.63, 3.8) is 0 Å². The Kier molecular flexibility index (Phi) is 5.53. The molecular formula is C13H23N3OS. The molecule has 1 aromatic rings. The molecule has 0 spiro atoms. The SMILES string of the molecule is CCNCCc1nnc(CC2CC(OCC)C2)s1. The molecule has 1 fully saturated rings. The predicted octanol–water partition coefficient (Wildman–Crippen LogP) is 2.05. The Bertz CT molecular complexity index is 350. The molecule has 1 heterocycles. The number of aromatic nitrogens is 2. The van der Waals surface area contributed by atoms with Crippen LogP contribution in [0, 0.1) is 5.92 Å². The average Bonchev–Trinajstić information content (AvgIpc) is 2.75. The zero-order valence-corrected chi connectivity index (χ0v) is 12.1. The van der Waals surface area contributed by atoms with Gasteiger partial charge in [0.2, 0.25) is 0 Å². The first-order valence-electron chi connectivity index (χ1n) is 6.95. The monoisotopic (exact) mass is 269 g/mol. The molecule has 0 amide bonds. The molecule has 1 saturated carbocycles. The number of ether oxygens (including phenoxy) is 1. The Morgan fingerprint density at radius 3 is 2.78 bits per heavy atom. The maximum Gasteiger partial charge on any atom is 0.118 e. The van der Waals surface area contributed by atoms with Crippen molar-refractivity contribution in [2.75, 3.05) is 19.7 Å². The Hall–Kier alpha value is -0.520. The van der Waals surface area contributed by atoms with Crippen molar-refractivity contribution >= 4 is 11.3 Å². The number of hydrogen-bond donors (Lipinski definition) is 1. The fraction of sp³-hybridized carbons (Fsp3) is 0.846. The molecule has 5 heteroatoms. The van der Waals surface area contributed by atoms with Gasteiger partial charge in [0.15, 0.2) is 0 Å². The molecule has 1 N–H and O–H groups in total. The molecule has 4 nitrogen and oxygen atoms in total. The third-order valence-electron chi connectivity index (χ3n) is 3.33. The van der Waals surface area contributed by atoms with Gasteiger partial charge in [-0.2, -0.15) is 0 Å². The lowest BCUT2D eigenvalue weighted by Gasteiger charge is -2.34. The Balaban J connectivity index is 1.68. The lowest BCUT2D eigenvalue weighted by atomic mass is 9.80. The normalized spacial score (nSPS) is 23.0. The molecule has 0 aromatic carbocycles. The fourth-order valence-electron chi connectivity index (χ4n) is 2.30. The summed E-state index contributed by atoms with van der Waals surface area (Å²) in [5, 5.41) is 14.2. The predicted molar refractivity (Wildman–Crippen MR) is 74.0 cm³/mol. The Labute approximate surface area is 113 Å². The molecule has 0 radical (unpaired) electrons. The van der Waals surface area contributed by atoms with Crippen LogP contribution in [-0.2, 0) is 17.6 Å². The van der Waals surface area contributed by atoms with Crippen molar-refractivity contribution in [3.05, 3.63) is 10.0 Å². The van der Waals surface area contributed by atoms with E-state index in [4.69, 9.17) is 4.74 Å². The summed E-state index contributed by atoms with van der Waals surface area (Å²) in [7, 11) is 0. The van der Waals surface area contributed by atoms with E-state index in [0.29, 0.717) is 6.10 Å². The highest BCUT2D eigenvalue weighted by Crippen LogP contribution is 2.33. The van der Waals surface area contributed by atoms with E-state index in [-0.39, 0.29) is 0 Å². The van der Waals surface area contributed by atoms with Crippen molar-refractivity contribution in [2.45, 2.75) is 45.6 Å².